The second kappa shape index (κ2) is 5.06. The highest BCUT2D eigenvalue weighted by atomic mass is 16.3. The number of hydrogen-bond acceptors (Lipinski definition) is 2. The van der Waals surface area contributed by atoms with Crippen LogP contribution in [0.2, 0.25) is 0 Å². The highest BCUT2D eigenvalue weighted by Crippen LogP contribution is 2.17. The van der Waals surface area contributed by atoms with Gasteiger partial charge in [0.15, 0.2) is 0 Å². The van der Waals surface area contributed by atoms with E-state index in [0.29, 0.717) is 11.8 Å². The predicted octanol–water partition coefficient (Wildman–Crippen LogP) is 2.52. The molecule has 0 fully saturated rings. The monoisotopic (exact) mass is 230 g/mol. The molecule has 0 amide bonds. The van der Waals surface area contributed by atoms with Gasteiger partial charge in [0, 0.05) is 24.5 Å². The first kappa shape index (κ1) is 11.7. The number of benzene rings is 1. The Labute approximate surface area is 102 Å². The molecule has 1 atom stereocenters. The van der Waals surface area contributed by atoms with Gasteiger partial charge in [-0.3, -0.25) is 0 Å². The fourth-order valence-electron chi connectivity index (χ4n) is 1.96. The van der Waals surface area contributed by atoms with Crippen molar-refractivity contribution in [2.75, 3.05) is 7.05 Å². The van der Waals surface area contributed by atoms with Crippen LogP contribution in [0.15, 0.2) is 42.6 Å². The number of aromatic hydroxyl groups is 1. The Hall–Kier alpha value is -1.74. The molecule has 0 aliphatic heterocycles. The number of rotatable bonds is 4. The summed E-state index contributed by atoms with van der Waals surface area (Å²) >= 11 is 0. The zero-order chi connectivity index (χ0) is 12.3. The van der Waals surface area contributed by atoms with Crippen molar-refractivity contribution in [1.29, 1.82) is 0 Å². The molecule has 0 saturated heterocycles. The fraction of sp³-hybridized carbons (Fsp3) is 0.286. The number of phenols is 1. The van der Waals surface area contributed by atoms with E-state index in [1.165, 1.54) is 5.69 Å². The molecule has 1 aromatic heterocycles. The Kier molecular flexibility index (Phi) is 3.49. The molecule has 90 valence electrons. The molecule has 0 aliphatic rings. The SMILES string of the molecule is CNC(C)c1cccn1Cc1cccc(O)c1. The average Bonchev–Trinajstić information content (AvgIpc) is 2.76. The molecule has 0 aliphatic carbocycles. The summed E-state index contributed by atoms with van der Waals surface area (Å²) in [7, 11) is 1.95. The number of nitrogens with one attached hydrogen (secondary N) is 1. The number of hydrogen-bond donors (Lipinski definition) is 2. The Morgan fingerprint density at radius 3 is 2.82 bits per heavy atom. The molecule has 1 unspecified atom stereocenters. The highest BCUT2D eigenvalue weighted by molar-refractivity contribution is 5.28. The van der Waals surface area contributed by atoms with Crippen LogP contribution < -0.4 is 5.32 Å². The molecule has 17 heavy (non-hydrogen) atoms. The Bertz CT molecular complexity index is 490. The van der Waals surface area contributed by atoms with Gasteiger partial charge in [-0.1, -0.05) is 12.1 Å². The first-order valence-electron chi connectivity index (χ1n) is 5.81. The Morgan fingerprint density at radius 2 is 2.12 bits per heavy atom. The largest absolute Gasteiger partial charge is 0.508 e. The minimum absolute atomic E-state index is 0.317. The molecule has 2 aromatic rings. The summed E-state index contributed by atoms with van der Waals surface area (Å²) in [5, 5.41) is 12.7. The van der Waals surface area contributed by atoms with E-state index in [1.54, 1.807) is 12.1 Å². The molecule has 0 saturated carbocycles. The van der Waals surface area contributed by atoms with Crippen molar-refractivity contribution in [1.82, 2.24) is 9.88 Å². The van der Waals surface area contributed by atoms with Crippen LogP contribution >= 0.6 is 0 Å². The smallest absolute Gasteiger partial charge is 0.115 e. The van der Waals surface area contributed by atoms with Gasteiger partial charge in [0.05, 0.1) is 0 Å². The lowest BCUT2D eigenvalue weighted by molar-refractivity contribution is 0.474. The molecule has 1 heterocycles. The summed E-state index contributed by atoms with van der Waals surface area (Å²) < 4.78 is 2.19. The van der Waals surface area contributed by atoms with Gasteiger partial charge in [-0.25, -0.2) is 0 Å². The minimum atomic E-state index is 0.317. The van der Waals surface area contributed by atoms with Crippen LogP contribution in [0.1, 0.15) is 24.2 Å². The molecule has 0 bridgehead atoms. The number of nitrogens with zero attached hydrogens (tertiary/aromatic N) is 1. The van der Waals surface area contributed by atoms with Crippen molar-refractivity contribution in [3.05, 3.63) is 53.9 Å². The van der Waals surface area contributed by atoms with Crippen molar-refractivity contribution in [3.8, 4) is 5.75 Å². The van der Waals surface area contributed by atoms with Crippen molar-refractivity contribution >= 4 is 0 Å². The quantitative estimate of drug-likeness (QED) is 0.847. The topological polar surface area (TPSA) is 37.2 Å². The predicted molar refractivity (Wildman–Crippen MR) is 69.1 cm³/mol. The normalized spacial score (nSPS) is 12.6. The third-order valence-electron chi connectivity index (χ3n) is 3.00. The maximum Gasteiger partial charge on any atom is 0.115 e. The van der Waals surface area contributed by atoms with E-state index in [-0.39, 0.29) is 0 Å². The summed E-state index contributed by atoms with van der Waals surface area (Å²) in [5.74, 6) is 0.317. The van der Waals surface area contributed by atoms with Crippen LogP contribution in [0.25, 0.3) is 0 Å². The van der Waals surface area contributed by atoms with Crippen molar-refractivity contribution < 1.29 is 5.11 Å². The number of aromatic nitrogens is 1. The van der Waals surface area contributed by atoms with Crippen molar-refractivity contribution in [3.63, 3.8) is 0 Å². The summed E-state index contributed by atoms with van der Waals surface area (Å²) in [6, 6.07) is 11.9. The summed E-state index contributed by atoms with van der Waals surface area (Å²) in [4.78, 5) is 0. The fourth-order valence-corrected chi connectivity index (χ4v) is 1.96. The minimum Gasteiger partial charge on any atom is -0.508 e. The van der Waals surface area contributed by atoms with Crippen LogP contribution in [0.4, 0.5) is 0 Å². The van der Waals surface area contributed by atoms with Crippen LogP contribution in [0, 0.1) is 0 Å². The maximum absolute atomic E-state index is 9.44. The zero-order valence-electron chi connectivity index (χ0n) is 10.2. The van der Waals surface area contributed by atoms with Crippen LogP contribution in [0.5, 0.6) is 5.75 Å². The van der Waals surface area contributed by atoms with Gasteiger partial charge < -0.3 is 15.0 Å². The second-order valence-electron chi connectivity index (χ2n) is 4.24. The first-order chi connectivity index (χ1) is 8.20. The van der Waals surface area contributed by atoms with Gasteiger partial charge in [-0.2, -0.15) is 0 Å². The lowest BCUT2D eigenvalue weighted by Crippen LogP contribution is -2.16. The first-order valence-corrected chi connectivity index (χ1v) is 5.81. The molecule has 3 heteroatoms. The van der Waals surface area contributed by atoms with Gasteiger partial charge >= 0.3 is 0 Å². The molecule has 2 rings (SSSR count). The average molecular weight is 230 g/mol. The van der Waals surface area contributed by atoms with Gasteiger partial charge in [0.2, 0.25) is 0 Å². The molecular weight excluding hydrogens is 212 g/mol. The number of phenolic OH excluding ortho intramolecular Hbond substituents is 1. The van der Waals surface area contributed by atoms with E-state index < -0.39 is 0 Å². The molecule has 2 N–H and O–H groups in total. The van der Waals surface area contributed by atoms with E-state index in [9.17, 15) is 5.11 Å². The molecular formula is C14H18N2O. The van der Waals surface area contributed by atoms with Crippen molar-refractivity contribution in [2.24, 2.45) is 0 Å². The summed E-state index contributed by atoms with van der Waals surface area (Å²) in [5.41, 5.74) is 2.35. The van der Waals surface area contributed by atoms with Gasteiger partial charge in [0.1, 0.15) is 5.75 Å². The van der Waals surface area contributed by atoms with E-state index in [0.717, 1.165) is 12.1 Å². The third kappa shape index (κ3) is 2.68. The van der Waals surface area contributed by atoms with Crippen molar-refractivity contribution in [2.45, 2.75) is 19.5 Å². The summed E-state index contributed by atoms with van der Waals surface area (Å²) in [6.07, 6.45) is 2.06. The standard InChI is InChI=1S/C14H18N2O/c1-11(15-2)14-7-4-8-16(14)10-12-5-3-6-13(17)9-12/h3-9,11,15,17H,10H2,1-2H3. The molecule has 0 radical (unpaired) electrons. The van der Waals surface area contributed by atoms with Crippen LogP contribution in [-0.2, 0) is 6.54 Å². The van der Waals surface area contributed by atoms with E-state index >= 15 is 0 Å². The van der Waals surface area contributed by atoms with Crippen LogP contribution in [0.3, 0.4) is 0 Å². The van der Waals surface area contributed by atoms with Gasteiger partial charge in [0.25, 0.3) is 0 Å². The second-order valence-corrected chi connectivity index (χ2v) is 4.24. The lowest BCUT2D eigenvalue weighted by Gasteiger charge is -2.15. The molecule has 3 nitrogen and oxygen atoms in total. The highest BCUT2D eigenvalue weighted by Gasteiger charge is 2.08. The Morgan fingerprint density at radius 1 is 1.29 bits per heavy atom. The van der Waals surface area contributed by atoms with E-state index in [4.69, 9.17) is 0 Å². The molecule has 0 spiro atoms. The van der Waals surface area contributed by atoms with Crippen LogP contribution in [-0.4, -0.2) is 16.7 Å². The third-order valence-corrected chi connectivity index (χ3v) is 3.00. The van der Waals surface area contributed by atoms with Gasteiger partial charge in [-0.15, -0.1) is 0 Å². The summed E-state index contributed by atoms with van der Waals surface area (Å²) in [6.45, 7) is 2.91. The van der Waals surface area contributed by atoms with E-state index in [1.807, 2.05) is 25.2 Å². The lowest BCUT2D eigenvalue weighted by atomic mass is 10.2. The van der Waals surface area contributed by atoms with Gasteiger partial charge in [-0.05, 0) is 43.8 Å². The molecule has 1 aromatic carbocycles. The maximum atomic E-state index is 9.44. The zero-order valence-corrected chi connectivity index (χ0v) is 10.2. The van der Waals surface area contributed by atoms with E-state index in [2.05, 4.69) is 29.1 Å². The Balaban J connectivity index is 2.22.